The minimum atomic E-state index is -1.01. The van der Waals surface area contributed by atoms with Crippen molar-refractivity contribution in [2.75, 3.05) is 24.5 Å². The number of amides is 2. The van der Waals surface area contributed by atoms with Gasteiger partial charge in [-0.2, -0.15) is 0 Å². The highest BCUT2D eigenvalue weighted by atomic mass is 35.5. The van der Waals surface area contributed by atoms with Crippen LogP contribution in [0.15, 0.2) is 24.3 Å². The summed E-state index contributed by atoms with van der Waals surface area (Å²) in [5.41, 5.74) is 6.25. The third kappa shape index (κ3) is 3.34. The lowest BCUT2D eigenvalue weighted by molar-refractivity contribution is -0.139. The average molecular weight is 312 g/mol. The van der Waals surface area contributed by atoms with E-state index in [1.165, 1.54) is 11.8 Å². The number of anilines is 1. The van der Waals surface area contributed by atoms with Gasteiger partial charge in [-0.15, -0.1) is 0 Å². The van der Waals surface area contributed by atoms with Crippen molar-refractivity contribution in [1.82, 2.24) is 4.90 Å². The molecule has 21 heavy (non-hydrogen) atoms. The largest absolute Gasteiger partial charge is 0.391 e. The van der Waals surface area contributed by atoms with Crippen LogP contribution in [-0.2, 0) is 9.59 Å². The van der Waals surface area contributed by atoms with Gasteiger partial charge in [-0.05, 0) is 19.1 Å². The number of aliphatic hydroxyl groups is 1. The average Bonchev–Trinajstić information content (AvgIpc) is 2.46. The van der Waals surface area contributed by atoms with Gasteiger partial charge in [0, 0.05) is 13.1 Å². The zero-order valence-corrected chi connectivity index (χ0v) is 12.5. The van der Waals surface area contributed by atoms with Crippen molar-refractivity contribution in [3.05, 3.63) is 29.3 Å². The van der Waals surface area contributed by atoms with Crippen molar-refractivity contribution < 1.29 is 14.7 Å². The van der Waals surface area contributed by atoms with E-state index in [9.17, 15) is 14.7 Å². The fourth-order valence-corrected chi connectivity index (χ4v) is 2.44. The number of aliphatic hydroxyl groups excluding tert-OH is 1. The first kappa shape index (κ1) is 15.8. The number of halogens is 1. The molecule has 0 aromatic heterocycles. The highest BCUT2D eigenvalue weighted by Gasteiger charge is 2.32. The van der Waals surface area contributed by atoms with Gasteiger partial charge in [0.15, 0.2) is 0 Å². The summed E-state index contributed by atoms with van der Waals surface area (Å²) in [4.78, 5) is 27.2. The summed E-state index contributed by atoms with van der Waals surface area (Å²) in [6.07, 6.45) is -0.950. The predicted octanol–water partition coefficient (Wildman–Crippen LogP) is 0.223. The molecular weight excluding hydrogens is 294 g/mol. The number of para-hydroxylation sites is 1. The minimum absolute atomic E-state index is 0.0650. The molecule has 7 heteroatoms. The maximum absolute atomic E-state index is 12.2. The second-order valence-corrected chi connectivity index (χ2v) is 5.43. The lowest BCUT2D eigenvalue weighted by atomic mass is 10.1. The van der Waals surface area contributed by atoms with Crippen molar-refractivity contribution in [2.24, 2.45) is 5.73 Å². The van der Waals surface area contributed by atoms with E-state index in [1.807, 2.05) is 0 Å². The van der Waals surface area contributed by atoms with Crippen molar-refractivity contribution in [1.29, 1.82) is 0 Å². The van der Waals surface area contributed by atoms with E-state index >= 15 is 0 Å². The molecule has 114 valence electrons. The fraction of sp³-hybridized carbons (Fsp3) is 0.429. The molecule has 0 spiro atoms. The first-order valence-electron chi connectivity index (χ1n) is 6.69. The van der Waals surface area contributed by atoms with Crippen LogP contribution in [0.4, 0.5) is 5.69 Å². The molecular formula is C14H18ClN3O3. The Morgan fingerprint density at radius 1 is 1.38 bits per heavy atom. The number of hydrogen-bond donors (Lipinski definition) is 2. The van der Waals surface area contributed by atoms with Crippen LogP contribution in [0.25, 0.3) is 0 Å². The van der Waals surface area contributed by atoms with Crippen LogP contribution < -0.4 is 10.6 Å². The van der Waals surface area contributed by atoms with E-state index in [2.05, 4.69) is 0 Å². The van der Waals surface area contributed by atoms with E-state index in [1.54, 1.807) is 29.2 Å². The Bertz CT molecular complexity index is 550. The number of carbonyl (C=O) groups is 2. The number of carbonyl (C=O) groups excluding carboxylic acids is 2. The standard InChI is InChI=1S/C14H18ClN3O3/c1-9(19)13(16)14(21)17-6-7-18(12(20)8-17)11-5-3-2-4-10(11)15/h2-5,9,13,19H,6-8,16H2,1H3/t9-,13+/m1/s1. The van der Waals surface area contributed by atoms with Gasteiger partial charge in [-0.1, -0.05) is 23.7 Å². The highest BCUT2D eigenvalue weighted by Crippen LogP contribution is 2.26. The first-order valence-corrected chi connectivity index (χ1v) is 7.07. The number of piperazine rings is 1. The number of rotatable bonds is 3. The van der Waals surface area contributed by atoms with Gasteiger partial charge in [0.25, 0.3) is 0 Å². The van der Waals surface area contributed by atoms with Crippen LogP contribution in [0.3, 0.4) is 0 Å². The first-order chi connectivity index (χ1) is 9.91. The normalized spacial score (nSPS) is 18.6. The quantitative estimate of drug-likeness (QED) is 0.836. The Labute approximate surface area is 128 Å². The third-order valence-electron chi connectivity index (χ3n) is 3.48. The molecule has 2 rings (SSSR count). The molecule has 3 N–H and O–H groups in total. The number of nitrogens with zero attached hydrogens (tertiary/aromatic N) is 2. The summed E-state index contributed by atoms with van der Waals surface area (Å²) in [5.74, 6) is -0.641. The summed E-state index contributed by atoms with van der Waals surface area (Å²) >= 11 is 6.09. The Hall–Kier alpha value is -1.63. The molecule has 0 aliphatic carbocycles. The van der Waals surface area contributed by atoms with Gasteiger partial charge in [0.2, 0.25) is 11.8 Å². The Balaban J connectivity index is 2.08. The molecule has 0 radical (unpaired) electrons. The van der Waals surface area contributed by atoms with Gasteiger partial charge >= 0.3 is 0 Å². The molecule has 1 aliphatic heterocycles. The maximum Gasteiger partial charge on any atom is 0.246 e. The van der Waals surface area contributed by atoms with Gasteiger partial charge in [-0.3, -0.25) is 9.59 Å². The number of hydrogen-bond acceptors (Lipinski definition) is 4. The predicted molar refractivity (Wildman–Crippen MR) is 80.0 cm³/mol. The van der Waals surface area contributed by atoms with Crippen LogP contribution in [-0.4, -0.2) is 53.6 Å². The van der Waals surface area contributed by atoms with Crippen molar-refractivity contribution in [3.63, 3.8) is 0 Å². The molecule has 1 heterocycles. The zero-order valence-electron chi connectivity index (χ0n) is 11.7. The summed E-state index contributed by atoms with van der Waals surface area (Å²) in [7, 11) is 0. The van der Waals surface area contributed by atoms with Crippen molar-refractivity contribution >= 4 is 29.1 Å². The van der Waals surface area contributed by atoms with E-state index in [0.717, 1.165) is 0 Å². The van der Waals surface area contributed by atoms with Crippen LogP contribution in [0, 0.1) is 0 Å². The molecule has 0 unspecified atom stereocenters. The smallest absolute Gasteiger partial charge is 0.246 e. The summed E-state index contributed by atoms with van der Waals surface area (Å²) in [6, 6.07) is 6.06. The molecule has 0 saturated carbocycles. The van der Waals surface area contributed by atoms with Gasteiger partial charge in [0.1, 0.15) is 12.6 Å². The highest BCUT2D eigenvalue weighted by molar-refractivity contribution is 6.33. The summed E-state index contributed by atoms with van der Waals surface area (Å²) in [5, 5.41) is 9.86. The topological polar surface area (TPSA) is 86.9 Å². The van der Waals surface area contributed by atoms with Crippen molar-refractivity contribution in [3.8, 4) is 0 Å². The molecule has 0 bridgehead atoms. The molecule has 1 saturated heterocycles. The molecule has 2 atom stereocenters. The van der Waals surface area contributed by atoms with Gasteiger partial charge in [0.05, 0.1) is 16.8 Å². The van der Waals surface area contributed by atoms with E-state index in [0.29, 0.717) is 23.8 Å². The van der Waals surface area contributed by atoms with Crippen molar-refractivity contribution in [2.45, 2.75) is 19.1 Å². The lowest BCUT2D eigenvalue weighted by Crippen LogP contribution is -2.57. The van der Waals surface area contributed by atoms with Crippen LogP contribution in [0.1, 0.15) is 6.92 Å². The monoisotopic (exact) mass is 311 g/mol. The molecule has 2 amide bonds. The molecule has 1 aromatic rings. The van der Waals surface area contributed by atoms with E-state index in [4.69, 9.17) is 17.3 Å². The Morgan fingerprint density at radius 3 is 2.62 bits per heavy atom. The summed E-state index contributed by atoms with van der Waals surface area (Å²) < 4.78 is 0. The molecule has 1 fully saturated rings. The lowest BCUT2D eigenvalue weighted by Gasteiger charge is -2.36. The minimum Gasteiger partial charge on any atom is -0.391 e. The SMILES string of the molecule is C[C@@H](O)[C@H](N)C(=O)N1CCN(c2ccccc2Cl)C(=O)C1. The van der Waals surface area contributed by atoms with E-state index in [-0.39, 0.29) is 12.5 Å². The van der Waals surface area contributed by atoms with Gasteiger partial charge in [-0.25, -0.2) is 0 Å². The second kappa shape index (κ2) is 6.43. The number of nitrogens with two attached hydrogens (primary N) is 1. The van der Waals surface area contributed by atoms with Crippen LogP contribution >= 0.6 is 11.6 Å². The molecule has 1 aliphatic rings. The number of benzene rings is 1. The fourth-order valence-electron chi connectivity index (χ4n) is 2.20. The van der Waals surface area contributed by atoms with Crippen LogP contribution in [0.2, 0.25) is 5.02 Å². The Kier molecular flexibility index (Phi) is 4.82. The third-order valence-corrected chi connectivity index (χ3v) is 3.80. The molecule has 1 aromatic carbocycles. The van der Waals surface area contributed by atoms with Gasteiger partial charge < -0.3 is 20.6 Å². The Morgan fingerprint density at radius 2 is 2.05 bits per heavy atom. The zero-order chi connectivity index (χ0) is 15.6. The second-order valence-electron chi connectivity index (χ2n) is 5.02. The van der Waals surface area contributed by atoms with E-state index < -0.39 is 18.1 Å². The maximum atomic E-state index is 12.2. The van der Waals surface area contributed by atoms with Crippen LogP contribution in [0.5, 0.6) is 0 Å². The molecule has 6 nitrogen and oxygen atoms in total. The summed E-state index contributed by atoms with van der Waals surface area (Å²) in [6.45, 7) is 2.09.